The van der Waals surface area contributed by atoms with Crippen LogP contribution in [0.4, 0.5) is 0 Å². The Labute approximate surface area is 84.2 Å². The topological polar surface area (TPSA) is 0 Å². The molecule has 0 radical (unpaired) electrons. The number of allylic oxidation sites excluding steroid dienone is 2. The first-order valence-corrected chi connectivity index (χ1v) is 5.02. The van der Waals surface area contributed by atoms with Gasteiger partial charge in [0.15, 0.2) is 0 Å². The van der Waals surface area contributed by atoms with E-state index in [0.717, 1.165) is 5.02 Å². The van der Waals surface area contributed by atoms with Gasteiger partial charge in [-0.25, -0.2) is 0 Å². The quantitative estimate of drug-likeness (QED) is 0.625. The second-order valence-corrected chi connectivity index (χ2v) is 4.07. The van der Waals surface area contributed by atoms with Gasteiger partial charge < -0.3 is 0 Å². The average molecular weight is 193 g/mol. The minimum atomic E-state index is 0.886. The lowest BCUT2D eigenvalue weighted by Crippen LogP contribution is -1.86. The van der Waals surface area contributed by atoms with Crippen molar-refractivity contribution in [2.45, 2.75) is 26.7 Å². The van der Waals surface area contributed by atoms with Crippen molar-refractivity contribution in [1.29, 1.82) is 0 Å². The van der Waals surface area contributed by atoms with E-state index in [1.54, 1.807) is 5.57 Å². The van der Waals surface area contributed by atoms with Gasteiger partial charge in [-0.1, -0.05) is 29.3 Å². The lowest BCUT2D eigenvalue weighted by atomic mass is 10.0. The zero-order valence-corrected chi connectivity index (χ0v) is 8.78. The molecule has 0 N–H and O–H groups in total. The molecule has 0 saturated heterocycles. The monoisotopic (exact) mass is 192 g/mol. The summed E-state index contributed by atoms with van der Waals surface area (Å²) in [4.78, 5) is 0. The van der Waals surface area contributed by atoms with Gasteiger partial charge in [0.2, 0.25) is 0 Å². The van der Waals surface area contributed by atoms with E-state index < -0.39 is 0 Å². The van der Waals surface area contributed by atoms with E-state index in [4.69, 9.17) is 11.6 Å². The standard InChI is InChI=1S/C12H13Cl/c1-8-4-3-5-11(13)12(8)9(2)10-6-7-10/h3-5H,6-7H2,1-2H3. The zero-order chi connectivity index (χ0) is 9.42. The predicted octanol–water partition coefficient (Wildman–Crippen LogP) is 4.22. The summed E-state index contributed by atoms with van der Waals surface area (Å²) in [6.45, 7) is 4.30. The average Bonchev–Trinajstić information content (AvgIpc) is 2.85. The van der Waals surface area contributed by atoms with Gasteiger partial charge in [-0.15, -0.1) is 0 Å². The first-order chi connectivity index (χ1) is 6.20. The van der Waals surface area contributed by atoms with E-state index in [1.165, 1.54) is 29.5 Å². The van der Waals surface area contributed by atoms with Gasteiger partial charge in [0, 0.05) is 5.02 Å². The summed E-state index contributed by atoms with van der Waals surface area (Å²) in [7, 11) is 0. The van der Waals surface area contributed by atoms with E-state index in [9.17, 15) is 0 Å². The van der Waals surface area contributed by atoms with Crippen LogP contribution in [-0.2, 0) is 0 Å². The van der Waals surface area contributed by atoms with Crippen molar-refractivity contribution in [3.8, 4) is 0 Å². The first-order valence-electron chi connectivity index (χ1n) is 4.64. The minimum absolute atomic E-state index is 0.886. The summed E-state index contributed by atoms with van der Waals surface area (Å²) in [5.41, 5.74) is 5.49. The first kappa shape index (κ1) is 8.83. The molecule has 1 heteroatoms. The maximum absolute atomic E-state index is 6.16. The van der Waals surface area contributed by atoms with E-state index in [1.807, 2.05) is 12.1 Å². The Morgan fingerprint density at radius 1 is 1.31 bits per heavy atom. The molecule has 0 atom stereocenters. The van der Waals surface area contributed by atoms with Crippen LogP contribution in [0, 0.1) is 6.92 Å². The van der Waals surface area contributed by atoms with Crippen LogP contribution in [0.3, 0.4) is 0 Å². The molecule has 1 aliphatic rings. The maximum atomic E-state index is 6.16. The molecule has 0 aliphatic heterocycles. The Hall–Kier alpha value is -0.750. The second kappa shape index (κ2) is 3.19. The lowest BCUT2D eigenvalue weighted by molar-refractivity contribution is 1.40. The SMILES string of the molecule is CC(=C1CC1)c1c(C)cccc1Cl. The molecular formula is C12H13Cl. The van der Waals surface area contributed by atoms with Gasteiger partial charge in [0.1, 0.15) is 0 Å². The molecule has 1 saturated carbocycles. The number of aryl methyl sites for hydroxylation is 1. The summed E-state index contributed by atoms with van der Waals surface area (Å²) >= 11 is 6.16. The molecule has 0 spiro atoms. The molecule has 68 valence electrons. The van der Waals surface area contributed by atoms with Gasteiger partial charge >= 0.3 is 0 Å². The molecule has 0 unspecified atom stereocenters. The molecule has 0 amide bonds. The number of benzene rings is 1. The molecule has 1 fully saturated rings. The Morgan fingerprint density at radius 3 is 2.54 bits per heavy atom. The molecule has 0 heterocycles. The van der Waals surface area contributed by atoms with E-state index >= 15 is 0 Å². The number of halogens is 1. The fourth-order valence-corrected chi connectivity index (χ4v) is 2.08. The molecule has 0 nitrogen and oxygen atoms in total. The molecule has 0 bridgehead atoms. The van der Waals surface area contributed by atoms with E-state index in [0.29, 0.717) is 0 Å². The highest BCUT2D eigenvalue weighted by atomic mass is 35.5. The molecule has 13 heavy (non-hydrogen) atoms. The number of hydrogen-bond donors (Lipinski definition) is 0. The third-order valence-electron chi connectivity index (χ3n) is 2.63. The lowest BCUT2D eigenvalue weighted by Gasteiger charge is -2.07. The van der Waals surface area contributed by atoms with Crippen LogP contribution in [0.15, 0.2) is 23.8 Å². The predicted molar refractivity (Wildman–Crippen MR) is 58.0 cm³/mol. The minimum Gasteiger partial charge on any atom is -0.0837 e. The van der Waals surface area contributed by atoms with Crippen LogP contribution in [-0.4, -0.2) is 0 Å². The van der Waals surface area contributed by atoms with Crippen LogP contribution < -0.4 is 0 Å². The maximum Gasteiger partial charge on any atom is 0.0483 e. The molecule has 1 aromatic carbocycles. The highest BCUT2D eigenvalue weighted by molar-refractivity contribution is 6.32. The fourth-order valence-electron chi connectivity index (χ4n) is 1.72. The van der Waals surface area contributed by atoms with Crippen LogP contribution >= 0.6 is 11.6 Å². The molecular weight excluding hydrogens is 180 g/mol. The molecule has 1 aliphatic carbocycles. The van der Waals surface area contributed by atoms with Crippen molar-refractivity contribution >= 4 is 17.2 Å². The van der Waals surface area contributed by atoms with Crippen molar-refractivity contribution in [2.24, 2.45) is 0 Å². The normalized spacial score (nSPS) is 14.5. The largest absolute Gasteiger partial charge is 0.0837 e. The Balaban J connectivity index is 2.56. The van der Waals surface area contributed by atoms with Gasteiger partial charge in [0.05, 0.1) is 0 Å². The molecule has 2 rings (SSSR count). The summed E-state index contributed by atoms with van der Waals surface area (Å²) in [5, 5.41) is 0.886. The van der Waals surface area contributed by atoms with Crippen LogP contribution in [0.2, 0.25) is 5.02 Å². The highest BCUT2D eigenvalue weighted by Crippen LogP contribution is 2.39. The van der Waals surface area contributed by atoms with Crippen molar-refractivity contribution in [2.75, 3.05) is 0 Å². The Bertz CT molecular complexity index is 348. The van der Waals surface area contributed by atoms with Crippen molar-refractivity contribution in [3.63, 3.8) is 0 Å². The highest BCUT2D eigenvalue weighted by Gasteiger charge is 2.18. The molecule has 1 aromatic rings. The Morgan fingerprint density at radius 2 is 2.00 bits per heavy atom. The summed E-state index contributed by atoms with van der Waals surface area (Å²) in [5.74, 6) is 0. The van der Waals surface area contributed by atoms with Gasteiger partial charge in [-0.05, 0) is 49.5 Å². The molecule has 0 aromatic heterocycles. The van der Waals surface area contributed by atoms with Crippen molar-refractivity contribution in [1.82, 2.24) is 0 Å². The third-order valence-corrected chi connectivity index (χ3v) is 2.94. The summed E-state index contributed by atoms with van der Waals surface area (Å²) < 4.78 is 0. The van der Waals surface area contributed by atoms with E-state index in [-0.39, 0.29) is 0 Å². The number of hydrogen-bond acceptors (Lipinski definition) is 0. The Kier molecular flexibility index (Phi) is 2.17. The van der Waals surface area contributed by atoms with Gasteiger partial charge in [0.25, 0.3) is 0 Å². The van der Waals surface area contributed by atoms with Crippen molar-refractivity contribution < 1.29 is 0 Å². The second-order valence-electron chi connectivity index (χ2n) is 3.66. The van der Waals surface area contributed by atoms with Crippen LogP contribution in [0.1, 0.15) is 30.9 Å². The van der Waals surface area contributed by atoms with Crippen molar-refractivity contribution in [3.05, 3.63) is 39.9 Å². The van der Waals surface area contributed by atoms with Crippen LogP contribution in [0.25, 0.3) is 5.57 Å². The zero-order valence-electron chi connectivity index (χ0n) is 8.02. The third kappa shape index (κ3) is 1.64. The summed E-state index contributed by atoms with van der Waals surface area (Å²) in [6.07, 6.45) is 2.52. The van der Waals surface area contributed by atoms with E-state index in [2.05, 4.69) is 19.9 Å². The summed E-state index contributed by atoms with van der Waals surface area (Å²) in [6, 6.07) is 6.09. The van der Waals surface area contributed by atoms with Gasteiger partial charge in [-0.3, -0.25) is 0 Å². The van der Waals surface area contributed by atoms with Crippen LogP contribution in [0.5, 0.6) is 0 Å². The fraction of sp³-hybridized carbons (Fsp3) is 0.333. The number of rotatable bonds is 1. The van der Waals surface area contributed by atoms with Gasteiger partial charge in [-0.2, -0.15) is 0 Å². The smallest absolute Gasteiger partial charge is 0.0483 e.